The van der Waals surface area contributed by atoms with Gasteiger partial charge in [-0.2, -0.15) is 0 Å². The van der Waals surface area contributed by atoms with Crippen molar-refractivity contribution >= 4 is 40.2 Å². The fraction of sp³-hybridized carbons (Fsp3) is 0.250. The van der Waals surface area contributed by atoms with Crippen LogP contribution >= 0.6 is 0 Å². The maximum atomic E-state index is 13.8. The largest absolute Gasteiger partial charge is 0.361 e. The lowest BCUT2D eigenvalue weighted by Gasteiger charge is -2.27. The van der Waals surface area contributed by atoms with Crippen LogP contribution in [0.5, 0.6) is 0 Å². The van der Waals surface area contributed by atoms with Crippen LogP contribution in [0.25, 0.3) is 10.9 Å². The highest BCUT2D eigenvalue weighted by atomic mass is 16.2. The molecule has 4 aromatic rings. The highest BCUT2D eigenvalue weighted by Crippen LogP contribution is 2.26. The maximum Gasteiger partial charge on any atom is 0.256 e. The molecule has 41 heavy (non-hydrogen) atoms. The maximum absolute atomic E-state index is 13.8. The van der Waals surface area contributed by atoms with Gasteiger partial charge in [-0.3, -0.25) is 19.2 Å². The molecule has 0 radical (unpaired) electrons. The number of anilines is 1. The van der Waals surface area contributed by atoms with Gasteiger partial charge in [-0.15, -0.1) is 0 Å². The third-order valence-corrected chi connectivity index (χ3v) is 7.88. The van der Waals surface area contributed by atoms with Crippen molar-refractivity contribution in [3.8, 4) is 0 Å². The molecule has 0 spiro atoms. The normalized spacial score (nSPS) is 21.6. The minimum atomic E-state index is -0.972. The first-order valence-corrected chi connectivity index (χ1v) is 13.9. The summed E-state index contributed by atoms with van der Waals surface area (Å²) in [6, 6.07) is 21.3. The third-order valence-electron chi connectivity index (χ3n) is 7.88. The molecule has 1 fully saturated rings. The summed E-state index contributed by atoms with van der Waals surface area (Å²) in [5, 5.41) is 9.68. The summed E-state index contributed by atoms with van der Waals surface area (Å²) in [5.41, 5.74) is 3.29. The zero-order valence-corrected chi connectivity index (χ0v) is 22.4. The Morgan fingerprint density at radius 2 is 1.44 bits per heavy atom. The fourth-order valence-corrected chi connectivity index (χ4v) is 5.76. The summed E-state index contributed by atoms with van der Waals surface area (Å²) in [7, 11) is 0. The Morgan fingerprint density at radius 1 is 0.732 bits per heavy atom. The molecule has 0 bridgehead atoms. The van der Waals surface area contributed by atoms with Gasteiger partial charge in [-0.05, 0) is 42.2 Å². The lowest BCUT2D eigenvalue weighted by Crippen LogP contribution is -2.56. The van der Waals surface area contributed by atoms with Crippen molar-refractivity contribution in [1.29, 1.82) is 0 Å². The van der Waals surface area contributed by atoms with E-state index in [0.717, 1.165) is 22.0 Å². The van der Waals surface area contributed by atoms with E-state index >= 15 is 0 Å². The number of nitrogens with zero attached hydrogens (tertiary/aromatic N) is 1. The number of carbonyl (C=O) groups excluding carboxylic acids is 4. The first-order chi connectivity index (χ1) is 20.0. The molecule has 9 heteroatoms. The predicted molar refractivity (Wildman–Crippen MR) is 155 cm³/mol. The Labute approximate surface area is 237 Å². The minimum Gasteiger partial charge on any atom is -0.361 e. The summed E-state index contributed by atoms with van der Waals surface area (Å²) < 4.78 is 0. The van der Waals surface area contributed by atoms with Gasteiger partial charge in [0.15, 0.2) is 0 Å². The number of fused-ring (bicyclic) bond motifs is 3. The molecule has 0 aliphatic carbocycles. The van der Waals surface area contributed by atoms with Crippen LogP contribution in [-0.4, -0.2) is 58.2 Å². The smallest absolute Gasteiger partial charge is 0.256 e. The van der Waals surface area contributed by atoms with Crippen LogP contribution in [0.4, 0.5) is 5.69 Å². The van der Waals surface area contributed by atoms with Crippen molar-refractivity contribution in [1.82, 2.24) is 20.5 Å². The summed E-state index contributed by atoms with van der Waals surface area (Å²) in [6.07, 6.45) is 3.44. The Morgan fingerprint density at radius 3 is 2.29 bits per heavy atom. The molecule has 0 unspecified atom stereocenters. The Kier molecular flexibility index (Phi) is 7.24. The third kappa shape index (κ3) is 5.43. The van der Waals surface area contributed by atoms with Crippen LogP contribution in [0.1, 0.15) is 34.3 Å². The van der Waals surface area contributed by atoms with E-state index in [2.05, 4.69) is 20.9 Å². The molecule has 1 aromatic heterocycles. The summed E-state index contributed by atoms with van der Waals surface area (Å²) in [6.45, 7) is 0.415. The van der Waals surface area contributed by atoms with Crippen LogP contribution in [0, 0.1) is 0 Å². The molecule has 3 heterocycles. The SMILES string of the molecule is O=C1Nc2ccccc2C(=O)N2CCC[C@H]2C(=O)N[C@@H](Cc2ccccc2)C(=O)N[C@H]1Cc1c[nH]c2ccccc12. The van der Waals surface area contributed by atoms with E-state index in [4.69, 9.17) is 0 Å². The van der Waals surface area contributed by atoms with Gasteiger partial charge in [-0.1, -0.05) is 60.7 Å². The monoisotopic (exact) mass is 549 g/mol. The molecule has 2 aliphatic rings. The molecule has 4 N–H and O–H groups in total. The second-order valence-electron chi connectivity index (χ2n) is 10.6. The zero-order valence-electron chi connectivity index (χ0n) is 22.4. The van der Waals surface area contributed by atoms with Crippen molar-refractivity contribution in [3.05, 3.63) is 102 Å². The number of rotatable bonds is 4. The number of aromatic nitrogens is 1. The van der Waals surface area contributed by atoms with Crippen molar-refractivity contribution in [2.24, 2.45) is 0 Å². The molecule has 2 aliphatic heterocycles. The predicted octanol–water partition coefficient (Wildman–Crippen LogP) is 3.18. The standard InChI is InChI=1S/C32H31N5O4/c38-29-26(17-20-9-2-1-3-10-20)36-31(40)28-15-8-16-37(28)32(41)23-12-5-7-14-25(23)34-30(39)27(35-29)18-21-19-33-24-13-6-4-11-22(21)24/h1-7,9-14,19,26-28,33H,8,15-18H2,(H,34,39)(H,35,38)(H,36,40)/t26-,27-,28-/m0/s1. The number of amides is 4. The van der Waals surface area contributed by atoms with E-state index in [1.807, 2.05) is 60.8 Å². The van der Waals surface area contributed by atoms with Crippen LogP contribution < -0.4 is 16.0 Å². The number of carbonyl (C=O) groups is 4. The topological polar surface area (TPSA) is 123 Å². The molecule has 4 amide bonds. The quantitative estimate of drug-likeness (QED) is 0.312. The van der Waals surface area contributed by atoms with Crippen LogP contribution in [-0.2, 0) is 27.2 Å². The number of benzene rings is 3. The Hall–Kier alpha value is -4.92. The number of aromatic amines is 1. The van der Waals surface area contributed by atoms with Crippen molar-refractivity contribution in [2.75, 3.05) is 11.9 Å². The van der Waals surface area contributed by atoms with Gasteiger partial charge in [0.2, 0.25) is 17.7 Å². The first kappa shape index (κ1) is 26.3. The number of hydrogen-bond acceptors (Lipinski definition) is 4. The highest BCUT2D eigenvalue weighted by Gasteiger charge is 2.38. The van der Waals surface area contributed by atoms with Crippen LogP contribution in [0.15, 0.2) is 85.1 Å². The summed E-state index contributed by atoms with van der Waals surface area (Å²) in [4.78, 5) is 59.7. The van der Waals surface area contributed by atoms with E-state index in [1.54, 1.807) is 29.2 Å². The number of nitrogens with one attached hydrogen (secondary N) is 4. The molecular weight excluding hydrogens is 518 g/mol. The van der Waals surface area contributed by atoms with E-state index in [-0.39, 0.29) is 24.7 Å². The van der Waals surface area contributed by atoms with Gasteiger partial charge in [0.05, 0.1) is 11.3 Å². The molecule has 6 rings (SSSR count). The number of para-hydroxylation sites is 2. The highest BCUT2D eigenvalue weighted by molar-refractivity contribution is 6.07. The molecule has 9 nitrogen and oxygen atoms in total. The molecule has 3 aromatic carbocycles. The van der Waals surface area contributed by atoms with Crippen molar-refractivity contribution < 1.29 is 19.2 Å². The van der Waals surface area contributed by atoms with Gasteiger partial charge in [-0.25, -0.2) is 0 Å². The second-order valence-corrected chi connectivity index (χ2v) is 10.6. The molecule has 208 valence electrons. The Bertz CT molecular complexity index is 1610. The molecule has 3 atom stereocenters. The van der Waals surface area contributed by atoms with E-state index < -0.39 is 29.9 Å². The fourth-order valence-electron chi connectivity index (χ4n) is 5.76. The van der Waals surface area contributed by atoms with E-state index in [1.165, 1.54) is 0 Å². The lowest BCUT2D eigenvalue weighted by molar-refractivity contribution is -0.132. The van der Waals surface area contributed by atoms with Crippen molar-refractivity contribution in [2.45, 2.75) is 43.8 Å². The average Bonchev–Trinajstić information content (AvgIpc) is 3.64. The summed E-state index contributed by atoms with van der Waals surface area (Å²) >= 11 is 0. The zero-order chi connectivity index (χ0) is 28.3. The van der Waals surface area contributed by atoms with Gasteiger partial charge >= 0.3 is 0 Å². The van der Waals surface area contributed by atoms with Crippen LogP contribution in [0.3, 0.4) is 0 Å². The number of hydrogen-bond donors (Lipinski definition) is 4. The first-order valence-electron chi connectivity index (χ1n) is 13.9. The molecular formula is C32H31N5O4. The average molecular weight is 550 g/mol. The lowest BCUT2D eigenvalue weighted by atomic mass is 10.0. The van der Waals surface area contributed by atoms with Crippen molar-refractivity contribution in [3.63, 3.8) is 0 Å². The molecule has 0 saturated carbocycles. The van der Waals surface area contributed by atoms with Gasteiger partial charge in [0.1, 0.15) is 18.1 Å². The van der Waals surface area contributed by atoms with Crippen LogP contribution in [0.2, 0.25) is 0 Å². The van der Waals surface area contributed by atoms with E-state index in [9.17, 15) is 19.2 Å². The van der Waals surface area contributed by atoms with Gasteiger partial charge in [0.25, 0.3) is 5.91 Å². The van der Waals surface area contributed by atoms with Gasteiger partial charge in [0, 0.05) is 36.5 Å². The van der Waals surface area contributed by atoms with Gasteiger partial charge < -0.3 is 25.8 Å². The Balaban J connectivity index is 1.39. The minimum absolute atomic E-state index is 0.207. The van der Waals surface area contributed by atoms with E-state index in [0.29, 0.717) is 30.6 Å². The molecule has 1 saturated heterocycles. The second kappa shape index (κ2) is 11.3. The summed E-state index contributed by atoms with van der Waals surface area (Å²) in [5.74, 6) is -1.63. The number of H-pyrrole nitrogens is 1.